The van der Waals surface area contributed by atoms with Gasteiger partial charge < -0.3 is 0 Å². The Morgan fingerprint density at radius 2 is 2.29 bits per heavy atom. The second-order valence-electron chi connectivity index (χ2n) is 1.66. The second kappa shape index (κ2) is 2.18. The van der Waals surface area contributed by atoms with Gasteiger partial charge in [-0.2, -0.15) is 0 Å². The third kappa shape index (κ3) is 1.46. The Hall–Kier alpha value is 0.499. The van der Waals surface area contributed by atoms with E-state index in [9.17, 15) is 0 Å². The predicted octanol–water partition coefficient (Wildman–Crippen LogP) is 0.0472. The van der Waals surface area contributed by atoms with Crippen molar-refractivity contribution in [1.82, 2.24) is 0 Å². The summed E-state index contributed by atoms with van der Waals surface area (Å²) in [5, 5.41) is 0. The van der Waals surface area contributed by atoms with Gasteiger partial charge in [-0.1, -0.05) is 0 Å². The van der Waals surface area contributed by atoms with Crippen molar-refractivity contribution in [1.29, 1.82) is 0 Å². The van der Waals surface area contributed by atoms with Gasteiger partial charge in [0.1, 0.15) is 0 Å². The summed E-state index contributed by atoms with van der Waals surface area (Å²) in [6.45, 7) is 2.16. The van der Waals surface area contributed by atoms with Crippen LogP contribution >= 0.6 is 11.3 Å². The van der Waals surface area contributed by atoms with Gasteiger partial charge in [0, 0.05) is 0 Å². The van der Waals surface area contributed by atoms with E-state index in [1.807, 2.05) is 11.3 Å². The van der Waals surface area contributed by atoms with Gasteiger partial charge in [-0.05, 0) is 0 Å². The van der Waals surface area contributed by atoms with Gasteiger partial charge in [-0.3, -0.25) is 0 Å². The van der Waals surface area contributed by atoms with Crippen molar-refractivity contribution >= 4 is 36.8 Å². The quantitative estimate of drug-likeness (QED) is 0.540. The molecule has 38 valence electrons. The molecule has 0 atom stereocenters. The van der Waals surface area contributed by atoms with Crippen molar-refractivity contribution in [3.05, 3.63) is 17.0 Å². The van der Waals surface area contributed by atoms with Gasteiger partial charge in [0.25, 0.3) is 0 Å². The number of aryl methyl sites for hydroxylation is 1. The van der Waals surface area contributed by atoms with E-state index in [-0.39, 0.29) is 0 Å². The summed E-state index contributed by atoms with van der Waals surface area (Å²) < 4.78 is 1.61. The van der Waals surface area contributed by atoms with E-state index < -0.39 is 0 Å². The standard InChI is InChI=1S/C5H5S.Sn.3H/c1-5-3-2-4-6-5;;;;/h2-3H,1H3;;;;. The molecule has 0 aliphatic carbocycles. The molecule has 0 aliphatic rings. The fraction of sp³-hybridized carbons (Fsp3) is 0.200. The van der Waals surface area contributed by atoms with Crippen molar-refractivity contribution in [2.45, 2.75) is 6.92 Å². The minimum atomic E-state index is 0.747. The zero-order chi connectivity index (χ0) is 5.28. The summed E-state index contributed by atoms with van der Waals surface area (Å²) in [5.74, 6) is 0. The monoisotopic (exact) mass is 220 g/mol. The van der Waals surface area contributed by atoms with Gasteiger partial charge in [0.15, 0.2) is 0 Å². The minimum absolute atomic E-state index is 0.747. The first-order valence-corrected chi connectivity index (χ1v) is 5.99. The average molecular weight is 219 g/mol. The molecule has 0 nitrogen and oxygen atoms in total. The molecule has 0 saturated carbocycles. The topological polar surface area (TPSA) is 0 Å². The number of rotatable bonds is 0. The molecule has 0 spiro atoms. The fourth-order valence-electron chi connectivity index (χ4n) is 0.557. The zero-order valence-electron chi connectivity index (χ0n) is 4.56. The Kier molecular flexibility index (Phi) is 1.75. The van der Waals surface area contributed by atoms with E-state index in [0.29, 0.717) is 0 Å². The first-order chi connectivity index (χ1) is 3.29. The SMILES string of the molecule is Cc1cc[c]([SnH3])s1. The second-order valence-corrected chi connectivity index (χ2v) is 8.29. The van der Waals surface area contributed by atoms with Crippen LogP contribution < -0.4 is 2.89 Å². The summed E-state index contributed by atoms with van der Waals surface area (Å²) in [6, 6.07) is 4.42. The van der Waals surface area contributed by atoms with E-state index in [1.54, 1.807) is 2.89 Å². The normalized spacial score (nSPS) is 9.86. The molecule has 0 N–H and O–H groups in total. The summed E-state index contributed by atoms with van der Waals surface area (Å²) >= 11 is 2.68. The van der Waals surface area contributed by atoms with Crippen LogP contribution in [0.5, 0.6) is 0 Å². The van der Waals surface area contributed by atoms with Crippen LogP contribution in [0, 0.1) is 6.92 Å². The van der Waals surface area contributed by atoms with E-state index in [1.165, 1.54) is 4.88 Å². The molecule has 0 radical (unpaired) electrons. The molecule has 1 aromatic heterocycles. The molecule has 0 aromatic carbocycles. The molecule has 1 aromatic rings. The first-order valence-electron chi connectivity index (χ1n) is 2.32. The molecular formula is C5H8SSn. The fourth-order valence-corrected chi connectivity index (χ4v) is 4.57. The van der Waals surface area contributed by atoms with Crippen LogP contribution in [0.25, 0.3) is 0 Å². The Morgan fingerprint density at radius 1 is 1.57 bits per heavy atom. The summed E-state index contributed by atoms with van der Waals surface area (Å²) in [6.07, 6.45) is 0. The van der Waals surface area contributed by atoms with Gasteiger partial charge in [0.05, 0.1) is 0 Å². The van der Waals surface area contributed by atoms with Gasteiger partial charge in [-0.15, -0.1) is 0 Å². The van der Waals surface area contributed by atoms with Gasteiger partial charge in [0.2, 0.25) is 0 Å². The van der Waals surface area contributed by atoms with Crippen molar-refractivity contribution in [3.63, 3.8) is 0 Å². The molecule has 1 rings (SSSR count). The van der Waals surface area contributed by atoms with Crippen LogP contribution in [-0.4, -0.2) is 22.5 Å². The number of hydrogen-bond acceptors (Lipinski definition) is 1. The molecule has 0 saturated heterocycles. The van der Waals surface area contributed by atoms with Crippen LogP contribution in [0.2, 0.25) is 0 Å². The molecule has 0 fully saturated rings. The molecule has 0 bridgehead atoms. The Labute approximate surface area is 60.6 Å². The number of thiophene rings is 1. The first kappa shape index (κ1) is 5.63. The van der Waals surface area contributed by atoms with Gasteiger partial charge >= 0.3 is 60.7 Å². The van der Waals surface area contributed by atoms with E-state index in [0.717, 1.165) is 22.5 Å². The number of hydrogen-bond donors (Lipinski definition) is 0. The summed E-state index contributed by atoms with van der Waals surface area (Å²) in [5.41, 5.74) is 0. The Morgan fingerprint density at radius 3 is 2.43 bits per heavy atom. The summed E-state index contributed by atoms with van der Waals surface area (Å²) in [4.78, 5) is 1.45. The molecule has 0 amide bonds. The molecule has 0 unspecified atom stereocenters. The van der Waals surface area contributed by atoms with Crippen molar-refractivity contribution in [2.75, 3.05) is 0 Å². The molecular weight excluding hydrogens is 211 g/mol. The maximum absolute atomic E-state index is 2.23. The van der Waals surface area contributed by atoms with Crippen LogP contribution in [-0.2, 0) is 0 Å². The summed E-state index contributed by atoms with van der Waals surface area (Å²) in [7, 11) is 0. The average Bonchev–Trinajstić information content (AvgIpc) is 1.87. The van der Waals surface area contributed by atoms with Gasteiger partial charge in [-0.25, -0.2) is 0 Å². The molecule has 2 heteroatoms. The van der Waals surface area contributed by atoms with Crippen molar-refractivity contribution in [2.24, 2.45) is 0 Å². The third-order valence-electron chi connectivity index (χ3n) is 0.875. The zero-order valence-corrected chi connectivity index (χ0v) is 11.1. The van der Waals surface area contributed by atoms with Crippen LogP contribution in [0.3, 0.4) is 0 Å². The van der Waals surface area contributed by atoms with Crippen molar-refractivity contribution in [3.8, 4) is 0 Å². The Balaban J connectivity index is 3.04. The van der Waals surface area contributed by atoms with E-state index in [4.69, 9.17) is 0 Å². The molecule has 1 heterocycles. The molecule has 0 aliphatic heterocycles. The van der Waals surface area contributed by atoms with Crippen LogP contribution in [0.15, 0.2) is 12.1 Å². The van der Waals surface area contributed by atoms with Crippen molar-refractivity contribution < 1.29 is 0 Å². The van der Waals surface area contributed by atoms with Crippen LogP contribution in [0.4, 0.5) is 0 Å². The maximum atomic E-state index is 2.23. The van der Waals surface area contributed by atoms with E-state index >= 15 is 0 Å². The predicted molar refractivity (Wildman–Crippen MR) is 38.6 cm³/mol. The van der Waals surface area contributed by atoms with E-state index in [2.05, 4.69) is 19.1 Å². The Bertz CT molecular complexity index is 140. The third-order valence-corrected chi connectivity index (χ3v) is 4.49. The molecule has 7 heavy (non-hydrogen) atoms. The van der Waals surface area contributed by atoms with Crippen LogP contribution in [0.1, 0.15) is 4.88 Å².